The quantitative estimate of drug-likeness (QED) is 0.839. The number of methoxy groups -OCH3 is 1. The Hall–Kier alpha value is -2.08. The minimum atomic E-state index is 0.389. The van der Waals surface area contributed by atoms with E-state index in [4.69, 9.17) is 9.47 Å². The van der Waals surface area contributed by atoms with Gasteiger partial charge < -0.3 is 14.8 Å². The maximum absolute atomic E-state index is 5.91. The SMILES string of the molecule is COc1ccc(CNC2CC2)c(OCc2ncnn2C)c1. The Labute approximate surface area is 124 Å². The van der Waals surface area contributed by atoms with Crippen LogP contribution in [0.1, 0.15) is 24.2 Å². The second kappa shape index (κ2) is 6.13. The van der Waals surface area contributed by atoms with Gasteiger partial charge >= 0.3 is 0 Å². The molecule has 1 aliphatic rings. The van der Waals surface area contributed by atoms with E-state index < -0.39 is 0 Å². The second-order valence-electron chi connectivity index (χ2n) is 5.22. The lowest BCUT2D eigenvalue weighted by molar-refractivity contribution is 0.284. The Bertz CT molecular complexity index is 607. The number of aryl methyl sites for hydroxylation is 1. The molecule has 1 saturated carbocycles. The molecule has 2 aromatic rings. The molecule has 1 aliphatic carbocycles. The summed E-state index contributed by atoms with van der Waals surface area (Å²) in [6, 6.07) is 6.58. The molecule has 0 unspecified atom stereocenters. The van der Waals surface area contributed by atoms with Gasteiger partial charge in [-0.15, -0.1) is 0 Å². The minimum absolute atomic E-state index is 0.389. The van der Waals surface area contributed by atoms with Gasteiger partial charge in [-0.1, -0.05) is 6.07 Å². The normalized spacial score (nSPS) is 14.2. The van der Waals surface area contributed by atoms with Gasteiger partial charge in [-0.25, -0.2) is 4.98 Å². The number of aromatic nitrogens is 3. The summed E-state index contributed by atoms with van der Waals surface area (Å²) in [5.74, 6) is 2.41. The van der Waals surface area contributed by atoms with Crippen molar-refractivity contribution in [1.29, 1.82) is 0 Å². The fourth-order valence-corrected chi connectivity index (χ4v) is 2.08. The molecule has 1 aromatic heterocycles. The molecule has 0 bridgehead atoms. The molecular weight excluding hydrogens is 268 g/mol. The third-order valence-corrected chi connectivity index (χ3v) is 3.59. The summed E-state index contributed by atoms with van der Waals surface area (Å²) < 4.78 is 12.9. The van der Waals surface area contributed by atoms with Gasteiger partial charge in [-0.05, 0) is 18.9 Å². The predicted molar refractivity (Wildman–Crippen MR) is 78.2 cm³/mol. The molecule has 6 heteroatoms. The third-order valence-electron chi connectivity index (χ3n) is 3.59. The van der Waals surface area contributed by atoms with Gasteiger partial charge in [0.2, 0.25) is 0 Å². The number of hydrogen-bond acceptors (Lipinski definition) is 5. The number of ether oxygens (including phenoxy) is 2. The summed E-state index contributed by atoms with van der Waals surface area (Å²) in [5.41, 5.74) is 1.13. The maximum Gasteiger partial charge on any atom is 0.164 e. The van der Waals surface area contributed by atoms with Crippen LogP contribution >= 0.6 is 0 Å². The number of hydrogen-bond donors (Lipinski definition) is 1. The molecule has 3 rings (SSSR count). The molecule has 6 nitrogen and oxygen atoms in total. The first-order chi connectivity index (χ1) is 10.3. The summed E-state index contributed by atoms with van der Waals surface area (Å²) in [6.45, 7) is 1.20. The van der Waals surface area contributed by atoms with Crippen LogP contribution in [-0.2, 0) is 20.2 Å². The third kappa shape index (κ3) is 3.52. The fourth-order valence-electron chi connectivity index (χ4n) is 2.08. The molecule has 0 spiro atoms. The lowest BCUT2D eigenvalue weighted by atomic mass is 10.2. The van der Waals surface area contributed by atoms with Crippen LogP contribution in [0.5, 0.6) is 11.5 Å². The van der Waals surface area contributed by atoms with Gasteiger partial charge in [0.05, 0.1) is 7.11 Å². The first kappa shape index (κ1) is 13.9. The zero-order valence-corrected chi connectivity index (χ0v) is 12.4. The molecule has 21 heavy (non-hydrogen) atoms. The van der Waals surface area contributed by atoms with Crippen LogP contribution in [0.4, 0.5) is 0 Å². The lowest BCUT2D eigenvalue weighted by Crippen LogP contribution is -2.16. The summed E-state index contributed by atoms with van der Waals surface area (Å²) in [7, 11) is 3.51. The van der Waals surface area contributed by atoms with Crippen LogP contribution in [-0.4, -0.2) is 27.9 Å². The van der Waals surface area contributed by atoms with Crippen molar-refractivity contribution >= 4 is 0 Å². The van der Waals surface area contributed by atoms with Crippen molar-refractivity contribution in [3.8, 4) is 11.5 Å². The predicted octanol–water partition coefficient (Wildman–Crippen LogP) is 1.65. The van der Waals surface area contributed by atoms with Gasteiger partial charge in [0.1, 0.15) is 24.4 Å². The molecule has 1 aromatic carbocycles. The Kier molecular flexibility index (Phi) is 4.06. The average Bonchev–Trinajstić information content (AvgIpc) is 3.25. The molecule has 0 amide bonds. The van der Waals surface area contributed by atoms with Crippen LogP contribution in [0.15, 0.2) is 24.5 Å². The molecule has 0 saturated heterocycles. The molecular formula is C15H20N4O2. The van der Waals surface area contributed by atoms with Gasteiger partial charge in [0, 0.05) is 31.3 Å². The molecule has 1 fully saturated rings. The van der Waals surface area contributed by atoms with Crippen LogP contribution in [0.2, 0.25) is 0 Å². The molecule has 0 radical (unpaired) electrons. The Morgan fingerprint density at radius 2 is 2.24 bits per heavy atom. The number of nitrogens with zero attached hydrogens (tertiary/aromatic N) is 3. The highest BCUT2D eigenvalue weighted by atomic mass is 16.5. The smallest absolute Gasteiger partial charge is 0.164 e. The van der Waals surface area contributed by atoms with Gasteiger partial charge in [0.15, 0.2) is 5.82 Å². The van der Waals surface area contributed by atoms with Crippen LogP contribution in [0.25, 0.3) is 0 Å². The zero-order chi connectivity index (χ0) is 14.7. The highest BCUT2D eigenvalue weighted by Crippen LogP contribution is 2.27. The molecule has 1 heterocycles. The van der Waals surface area contributed by atoms with Crippen molar-refractivity contribution in [3.63, 3.8) is 0 Å². The molecule has 0 atom stereocenters. The minimum Gasteiger partial charge on any atom is -0.497 e. The van der Waals surface area contributed by atoms with Crippen molar-refractivity contribution in [1.82, 2.24) is 20.1 Å². The van der Waals surface area contributed by atoms with Gasteiger partial charge in [-0.2, -0.15) is 5.10 Å². The van der Waals surface area contributed by atoms with Crippen molar-refractivity contribution in [3.05, 3.63) is 35.9 Å². The van der Waals surface area contributed by atoms with Crippen LogP contribution in [0, 0.1) is 0 Å². The van der Waals surface area contributed by atoms with E-state index in [2.05, 4.69) is 15.4 Å². The van der Waals surface area contributed by atoms with Crippen molar-refractivity contribution in [2.75, 3.05) is 7.11 Å². The van der Waals surface area contributed by atoms with E-state index in [9.17, 15) is 0 Å². The highest BCUT2D eigenvalue weighted by Gasteiger charge is 2.20. The van der Waals surface area contributed by atoms with E-state index in [0.717, 1.165) is 29.4 Å². The topological polar surface area (TPSA) is 61.2 Å². The van der Waals surface area contributed by atoms with E-state index in [1.165, 1.54) is 19.2 Å². The molecule has 0 aliphatic heterocycles. The summed E-state index contributed by atoms with van der Waals surface area (Å²) in [6.07, 6.45) is 4.07. The number of nitrogens with one attached hydrogen (secondary N) is 1. The lowest BCUT2D eigenvalue weighted by Gasteiger charge is -2.13. The Morgan fingerprint density at radius 3 is 2.90 bits per heavy atom. The number of benzene rings is 1. The first-order valence-corrected chi connectivity index (χ1v) is 7.12. The second-order valence-corrected chi connectivity index (χ2v) is 5.22. The van der Waals surface area contributed by atoms with Crippen LogP contribution in [0.3, 0.4) is 0 Å². The van der Waals surface area contributed by atoms with Gasteiger partial charge in [0.25, 0.3) is 0 Å². The molecule has 1 N–H and O–H groups in total. The van der Waals surface area contributed by atoms with E-state index in [-0.39, 0.29) is 0 Å². The van der Waals surface area contributed by atoms with E-state index >= 15 is 0 Å². The summed E-state index contributed by atoms with van der Waals surface area (Å²) in [4.78, 5) is 4.17. The Balaban J connectivity index is 1.71. The summed E-state index contributed by atoms with van der Waals surface area (Å²) >= 11 is 0. The van der Waals surface area contributed by atoms with Crippen molar-refractivity contribution in [2.45, 2.75) is 32.0 Å². The summed E-state index contributed by atoms with van der Waals surface area (Å²) in [5, 5.41) is 7.54. The van der Waals surface area contributed by atoms with Crippen molar-refractivity contribution < 1.29 is 9.47 Å². The monoisotopic (exact) mass is 288 g/mol. The first-order valence-electron chi connectivity index (χ1n) is 7.12. The largest absolute Gasteiger partial charge is 0.497 e. The number of rotatable bonds is 7. The fraction of sp³-hybridized carbons (Fsp3) is 0.467. The average molecular weight is 288 g/mol. The standard InChI is InChI=1S/C15H20N4O2/c1-19-15(17-10-18-19)9-21-14-7-13(20-2)6-3-11(14)8-16-12-4-5-12/h3,6-7,10,12,16H,4-5,8-9H2,1-2H3. The van der Waals surface area contributed by atoms with E-state index in [0.29, 0.717) is 12.6 Å². The van der Waals surface area contributed by atoms with E-state index in [1.807, 2.05) is 25.2 Å². The maximum atomic E-state index is 5.91. The highest BCUT2D eigenvalue weighted by molar-refractivity contribution is 5.40. The van der Waals surface area contributed by atoms with Gasteiger partial charge in [-0.3, -0.25) is 4.68 Å². The molecule has 112 valence electrons. The zero-order valence-electron chi connectivity index (χ0n) is 12.4. The van der Waals surface area contributed by atoms with Crippen molar-refractivity contribution in [2.24, 2.45) is 7.05 Å². The van der Waals surface area contributed by atoms with Crippen LogP contribution < -0.4 is 14.8 Å². The van der Waals surface area contributed by atoms with E-state index in [1.54, 1.807) is 11.8 Å². The Morgan fingerprint density at radius 1 is 1.38 bits per heavy atom.